The molecule has 0 saturated carbocycles. The third-order valence-corrected chi connectivity index (χ3v) is 4.58. The highest BCUT2D eigenvalue weighted by Crippen LogP contribution is 2.25. The molecule has 108 valence electrons. The monoisotopic (exact) mass is 290 g/mol. The maximum Gasteiger partial charge on any atom is 0.168 e. The van der Waals surface area contributed by atoms with Crippen LogP contribution in [0.5, 0.6) is 0 Å². The van der Waals surface area contributed by atoms with Crippen molar-refractivity contribution in [2.75, 3.05) is 0 Å². The van der Waals surface area contributed by atoms with E-state index in [9.17, 15) is 5.11 Å². The molecule has 0 aliphatic rings. The fourth-order valence-electron chi connectivity index (χ4n) is 1.89. The van der Waals surface area contributed by atoms with Crippen LogP contribution in [0.3, 0.4) is 0 Å². The molecule has 3 nitrogen and oxygen atoms in total. The predicted octanol–water partition coefficient (Wildman–Crippen LogP) is 3.62. The molecule has 0 aliphatic heterocycles. The summed E-state index contributed by atoms with van der Waals surface area (Å²) in [6.45, 7) is 7.27. The maximum atomic E-state index is 9.28. The molecular weight excluding hydrogens is 268 g/mol. The van der Waals surface area contributed by atoms with Gasteiger partial charge in [-0.3, -0.25) is 0 Å². The van der Waals surface area contributed by atoms with Gasteiger partial charge in [0.05, 0.1) is 12.3 Å². The second-order valence-corrected chi connectivity index (χ2v) is 6.53. The van der Waals surface area contributed by atoms with Gasteiger partial charge in [0.25, 0.3) is 0 Å². The van der Waals surface area contributed by atoms with E-state index in [-0.39, 0.29) is 6.61 Å². The van der Waals surface area contributed by atoms with E-state index in [0.29, 0.717) is 5.25 Å². The van der Waals surface area contributed by atoms with E-state index in [0.717, 1.165) is 23.8 Å². The van der Waals surface area contributed by atoms with E-state index in [1.807, 2.05) is 6.20 Å². The van der Waals surface area contributed by atoms with Crippen molar-refractivity contribution in [3.63, 3.8) is 0 Å². The Morgan fingerprint density at radius 1 is 1.30 bits per heavy atom. The molecule has 1 atom stereocenters. The molecule has 1 heterocycles. The SMILES string of the molecule is CC[C@@H](C)Sc1nc(CO)cn1Cc1ccc(C)cc1. The van der Waals surface area contributed by atoms with Crippen LogP contribution in [0.4, 0.5) is 0 Å². The van der Waals surface area contributed by atoms with Crippen LogP contribution in [-0.4, -0.2) is 19.9 Å². The number of aliphatic hydroxyl groups is 1. The Kier molecular flexibility index (Phi) is 5.26. The number of nitrogens with zero attached hydrogens (tertiary/aromatic N) is 2. The fraction of sp³-hybridized carbons (Fsp3) is 0.438. The highest BCUT2D eigenvalue weighted by Gasteiger charge is 2.11. The summed E-state index contributed by atoms with van der Waals surface area (Å²) in [6.07, 6.45) is 3.06. The zero-order valence-corrected chi connectivity index (χ0v) is 13.2. The van der Waals surface area contributed by atoms with Crippen molar-refractivity contribution in [2.45, 2.75) is 50.8 Å². The first-order valence-corrected chi connectivity index (χ1v) is 7.89. The normalized spacial score (nSPS) is 12.6. The number of imidazole rings is 1. The summed E-state index contributed by atoms with van der Waals surface area (Å²) in [4.78, 5) is 4.51. The molecule has 2 rings (SSSR count). The van der Waals surface area contributed by atoms with Crippen LogP contribution in [0.2, 0.25) is 0 Å². The Balaban J connectivity index is 2.20. The van der Waals surface area contributed by atoms with Crippen molar-refractivity contribution in [3.8, 4) is 0 Å². The summed E-state index contributed by atoms with van der Waals surface area (Å²) in [5.41, 5.74) is 3.26. The first kappa shape index (κ1) is 15.1. The minimum absolute atomic E-state index is 0.00500. The largest absolute Gasteiger partial charge is 0.390 e. The summed E-state index contributed by atoms with van der Waals surface area (Å²) >= 11 is 1.77. The van der Waals surface area contributed by atoms with E-state index < -0.39 is 0 Å². The van der Waals surface area contributed by atoms with Crippen molar-refractivity contribution in [1.82, 2.24) is 9.55 Å². The Hall–Kier alpha value is -1.26. The third-order valence-electron chi connectivity index (χ3n) is 3.31. The minimum Gasteiger partial charge on any atom is -0.390 e. The number of hydrogen-bond donors (Lipinski definition) is 1. The lowest BCUT2D eigenvalue weighted by atomic mass is 10.1. The van der Waals surface area contributed by atoms with Gasteiger partial charge >= 0.3 is 0 Å². The topological polar surface area (TPSA) is 38.1 Å². The molecule has 0 fully saturated rings. The van der Waals surface area contributed by atoms with Gasteiger partial charge in [0.2, 0.25) is 0 Å². The Morgan fingerprint density at radius 2 is 2.00 bits per heavy atom. The number of aromatic nitrogens is 2. The van der Waals surface area contributed by atoms with Crippen molar-refractivity contribution in [2.24, 2.45) is 0 Å². The van der Waals surface area contributed by atoms with Gasteiger partial charge in [0.1, 0.15) is 0 Å². The van der Waals surface area contributed by atoms with Gasteiger partial charge < -0.3 is 9.67 Å². The Bertz CT molecular complexity index is 548. The van der Waals surface area contributed by atoms with Crippen LogP contribution < -0.4 is 0 Å². The predicted molar refractivity (Wildman–Crippen MR) is 84.0 cm³/mol. The van der Waals surface area contributed by atoms with Crippen LogP contribution in [-0.2, 0) is 13.2 Å². The molecule has 0 saturated heterocycles. The summed E-state index contributed by atoms with van der Waals surface area (Å²) < 4.78 is 2.13. The molecule has 2 aromatic rings. The number of benzene rings is 1. The standard InChI is InChI=1S/C16H22N2OS/c1-4-13(3)20-16-17-15(11-19)10-18(16)9-14-7-5-12(2)6-8-14/h5-8,10,13,19H,4,9,11H2,1-3H3/t13-/m1/s1. The number of rotatable bonds is 6. The second kappa shape index (κ2) is 6.95. The van der Waals surface area contributed by atoms with Gasteiger partial charge in [0.15, 0.2) is 5.16 Å². The molecule has 0 unspecified atom stereocenters. The van der Waals surface area contributed by atoms with Crippen molar-refractivity contribution in [3.05, 3.63) is 47.3 Å². The molecular formula is C16H22N2OS. The summed E-state index contributed by atoms with van der Waals surface area (Å²) in [6, 6.07) is 8.54. The lowest BCUT2D eigenvalue weighted by Crippen LogP contribution is -2.03. The van der Waals surface area contributed by atoms with E-state index in [1.54, 1.807) is 11.8 Å². The fourth-order valence-corrected chi connectivity index (χ4v) is 2.84. The van der Waals surface area contributed by atoms with E-state index in [1.165, 1.54) is 11.1 Å². The van der Waals surface area contributed by atoms with Gasteiger partial charge in [-0.15, -0.1) is 0 Å². The van der Waals surface area contributed by atoms with Crippen molar-refractivity contribution in [1.29, 1.82) is 0 Å². The number of aryl methyl sites for hydroxylation is 1. The van der Waals surface area contributed by atoms with Gasteiger partial charge in [-0.1, -0.05) is 55.4 Å². The van der Waals surface area contributed by atoms with Gasteiger partial charge in [0, 0.05) is 18.0 Å². The van der Waals surface area contributed by atoms with Crippen LogP contribution in [0.15, 0.2) is 35.6 Å². The van der Waals surface area contributed by atoms with Crippen LogP contribution >= 0.6 is 11.8 Å². The third kappa shape index (κ3) is 3.87. The molecule has 0 bridgehead atoms. The number of aliphatic hydroxyl groups excluding tert-OH is 1. The molecule has 1 N–H and O–H groups in total. The quantitative estimate of drug-likeness (QED) is 0.826. The molecule has 0 aliphatic carbocycles. The van der Waals surface area contributed by atoms with E-state index >= 15 is 0 Å². The lowest BCUT2D eigenvalue weighted by molar-refractivity contribution is 0.277. The van der Waals surface area contributed by atoms with Crippen molar-refractivity contribution < 1.29 is 5.11 Å². The number of hydrogen-bond acceptors (Lipinski definition) is 3. The summed E-state index contributed by atoms with van der Waals surface area (Å²) in [7, 11) is 0. The molecule has 1 aromatic carbocycles. The second-order valence-electron chi connectivity index (χ2n) is 5.12. The van der Waals surface area contributed by atoms with E-state index in [2.05, 4.69) is 54.6 Å². The first-order valence-electron chi connectivity index (χ1n) is 7.01. The Labute approximate surface area is 125 Å². The molecule has 20 heavy (non-hydrogen) atoms. The van der Waals surface area contributed by atoms with E-state index in [4.69, 9.17) is 0 Å². The highest BCUT2D eigenvalue weighted by molar-refractivity contribution is 7.99. The average Bonchev–Trinajstić information content (AvgIpc) is 2.83. The first-order chi connectivity index (χ1) is 9.62. The minimum atomic E-state index is -0.00500. The average molecular weight is 290 g/mol. The van der Waals surface area contributed by atoms with Gasteiger partial charge in [-0.2, -0.15) is 0 Å². The number of thioether (sulfide) groups is 1. The Morgan fingerprint density at radius 3 is 2.60 bits per heavy atom. The van der Waals surface area contributed by atoms with Crippen LogP contribution in [0.1, 0.15) is 37.1 Å². The van der Waals surface area contributed by atoms with Crippen LogP contribution in [0, 0.1) is 6.92 Å². The summed E-state index contributed by atoms with van der Waals surface area (Å²) in [5, 5.41) is 10.8. The summed E-state index contributed by atoms with van der Waals surface area (Å²) in [5.74, 6) is 0. The molecule has 4 heteroatoms. The molecule has 0 spiro atoms. The van der Waals surface area contributed by atoms with Gasteiger partial charge in [-0.05, 0) is 18.9 Å². The molecule has 0 radical (unpaired) electrons. The zero-order valence-electron chi connectivity index (χ0n) is 12.3. The molecule has 1 aromatic heterocycles. The van der Waals surface area contributed by atoms with Crippen molar-refractivity contribution >= 4 is 11.8 Å². The van der Waals surface area contributed by atoms with Crippen LogP contribution in [0.25, 0.3) is 0 Å². The highest BCUT2D eigenvalue weighted by atomic mass is 32.2. The smallest absolute Gasteiger partial charge is 0.168 e. The maximum absolute atomic E-state index is 9.28. The molecule has 0 amide bonds. The van der Waals surface area contributed by atoms with Gasteiger partial charge in [-0.25, -0.2) is 4.98 Å². The zero-order chi connectivity index (χ0) is 14.5. The lowest BCUT2D eigenvalue weighted by Gasteiger charge is -2.11.